The van der Waals surface area contributed by atoms with Gasteiger partial charge in [-0.25, -0.2) is 0 Å². The summed E-state index contributed by atoms with van der Waals surface area (Å²) in [6.07, 6.45) is 1.87. The Kier molecular flexibility index (Phi) is 8.54. The topological polar surface area (TPSA) is 85.8 Å². The number of nitrogens with zero attached hydrogens (tertiary/aromatic N) is 3. The standard InChI is InChI=1S/C26H32N4O4S/c1-4-32-21-15-20(16-22(33-5-2)24(21)34-6-3)25(31)27-26-29-28-23(35-26)12-14-30-13-11-18-9-7-8-10-19(18)17-30/h7-10,15-16H,4-6,11-14,17H2,1-3H3,(H,27,29,31). The average molecular weight is 497 g/mol. The van der Waals surface area contributed by atoms with E-state index in [2.05, 4.69) is 44.7 Å². The number of ether oxygens (including phenoxy) is 3. The quantitative estimate of drug-likeness (QED) is 0.416. The van der Waals surface area contributed by atoms with E-state index in [0.717, 1.165) is 37.5 Å². The van der Waals surface area contributed by atoms with E-state index in [0.29, 0.717) is 47.8 Å². The van der Waals surface area contributed by atoms with Crippen LogP contribution in [-0.2, 0) is 19.4 Å². The van der Waals surface area contributed by atoms with E-state index in [1.54, 1.807) is 12.1 Å². The van der Waals surface area contributed by atoms with Gasteiger partial charge < -0.3 is 14.2 Å². The number of carbonyl (C=O) groups excluding carboxylic acids is 1. The minimum absolute atomic E-state index is 0.301. The molecular weight excluding hydrogens is 464 g/mol. The Morgan fingerprint density at radius 3 is 2.37 bits per heavy atom. The molecular formula is C26H32N4O4S. The Morgan fingerprint density at radius 2 is 1.69 bits per heavy atom. The molecule has 0 fully saturated rings. The molecule has 0 bridgehead atoms. The molecule has 0 spiro atoms. The first kappa shape index (κ1) is 24.9. The minimum atomic E-state index is -0.301. The molecule has 1 aliphatic heterocycles. The Balaban J connectivity index is 1.39. The van der Waals surface area contributed by atoms with Crippen LogP contribution in [0.4, 0.5) is 5.13 Å². The van der Waals surface area contributed by atoms with Gasteiger partial charge in [0.05, 0.1) is 19.8 Å². The summed E-state index contributed by atoms with van der Waals surface area (Å²) in [5.41, 5.74) is 3.25. The van der Waals surface area contributed by atoms with Gasteiger partial charge in [0.25, 0.3) is 5.91 Å². The molecule has 0 radical (unpaired) electrons. The lowest BCUT2D eigenvalue weighted by Gasteiger charge is -2.28. The van der Waals surface area contributed by atoms with Crippen LogP contribution in [0.25, 0.3) is 0 Å². The molecule has 186 valence electrons. The largest absolute Gasteiger partial charge is 0.490 e. The molecule has 0 unspecified atom stereocenters. The fourth-order valence-electron chi connectivity index (χ4n) is 4.09. The van der Waals surface area contributed by atoms with Gasteiger partial charge in [0.2, 0.25) is 10.9 Å². The second kappa shape index (κ2) is 12.0. The van der Waals surface area contributed by atoms with Gasteiger partial charge in [0, 0.05) is 31.6 Å². The van der Waals surface area contributed by atoms with Gasteiger partial charge in [0.15, 0.2) is 11.5 Å². The molecule has 0 saturated carbocycles. The van der Waals surface area contributed by atoms with Crippen molar-refractivity contribution in [1.29, 1.82) is 0 Å². The summed E-state index contributed by atoms with van der Waals surface area (Å²) in [7, 11) is 0. The molecule has 2 heterocycles. The summed E-state index contributed by atoms with van der Waals surface area (Å²) in [5.74, 6) is 1.16. The minimum Gasteiger partial charge on any atom is -0.490 e. The summed E-state index contributed by atoms with van der Waals surface area (Å²) in [5, 5.41) is 12.7. The highest BCUT2D eigenvalue weighted by atomic mass is 32.1. The Bertz CT molecular complexity index is 1120. The molecule has 1 amide bonds. The van der Waals surface area contributed by atoms with Crippen LogP contribution in [0.15, 0.2) is 36.4 Å². The van der Waals surface area contributed by atoms with Gasteiger partial charge in [-0.15, -0.1) is 10.2 Å². The molecule has 9 heteroatoms. The summed E-state index contributed by atoms with van der Waals surface area (Å²) in [4.78, 5) is 15.4. The molecule has 8 nitrogen and oxygen atoms in total. The van der Waals surface area contributed by atoms with E-state index < -0.39 is 0 Å². The molecule has 1 aliphatic rings. The molecule has 1 N–H and O–H groups in total. The zero-order chi connectivity index (χ0) is 24.6. The predicted octanol–water partition coefficient (Wildman–Crippen LogP) is 4.59. The number of amides is 1. The van der Waals surface area contributed by atoms with E-state index >= 15 is 0 Å². The molecule has 35 heavy (non-hydrogen) atoms. The third-order valence-electron chi connectivity index (χ3n) is 5.71. The maximum Gasteiger partial charge on any atom is 0.257 e. The summed E-state index contributed by atoms with van der Waals surface area (Å²) < 4.78 is 17.2. The summed E-state index contributed by atoms with van der Waals surface area (Å²) in [6.45, 7) is 9.92. The zero-order valence-corrected chi connectivity index (χ0v) is 21.3. The van der Waals surface area contributed by atoms with Crippen LogP contribution in [0.5, 0.6) is 17.2 Å². The van der Waals surface area contributed by atoms with E-state index in [1.165, 1.54) is 22.5 Å². The van der Waals surface area contributed by atoms with Crippen molar-refractivity contribution in [3.8, 4) is 17.2 Å². The molecule has 4 rings (SSSR count). The Morgan fingerprint density at radius 1 is 1.00 bits per heavy atom. The van der Waals surface area contributed by atoms with Crippen LogP contribution >= 0.6 is 11.3 Å². The number of benzene rings is 2. The Labute approximate surface area is 210 Å². The Hall–Kier alpha value is -3.17. The highest BCUT2D eigenvalue weighted by molar-refractivity contribution is 7.15. The number of fused-ring (bicyclic) bond motifs is 1. The van der Waals surface area contributed by atoms with Gasteiger partial charge in [-0.1, -0.05) is 35.6 Å². The lowest BCUT2D eigenvalue weighted by atomic mass is 10.00. The van der Waals surface area contributed by atoms with E-state index in [9.17, 15) is 4.79 Å². The first-order valence-electron chi connectivity index (χ1n) is 12.1. The first-order chi connectivity index (χ1) is 17.1. The molecule has 2 aromatic carbocycles. The van der Waals surface area contributed by atoms with Crippen LogP contribution < -0.4 is 19.5 Å². The van der Waals surface area contributed by atoms with Crippen molar-refractivity contribution in [1.82, 2.24) is 15.1 Å². The van der Waals surface area contributed by atoms with E-state index in [-0.39, 0.29) is 5.91 Å². The van der Waals surface area contributed by atoms with Gasteiger partial charge in [0.1, 0.15) is 5.01 Å². The maximum atomic E-state index is 13.0. The molecule has 1 aromatic heterocycles. The van der Waals surface area contributed by atoms with Crippen molar-refractivity contribution in [3.63, 3.8) is 0 Å². The molecule has 0 aliphatic carbocycles. The van der Waals surface area contributed by atoms with Crippen LogP contribution in [-0.4, -0.2) is 53.9 Å². The molecule has 0 saturated heterocycles. The zero-order valence-electron chi connectivity index (χ0n) is 20.5. The number of nitrogens with one attached hydrogen (secondary N) is 1. The van der Waals surface area contributed by atoms with Crippen molar-refractivity contribution in [2.24, 2.45) is 0 Å². The molecule has 0 atom stereocenters. The van der Waals surface area contributed by atoms with Crippen LogP contribution in [0, 0.1) is 0 Å². The number of aromatic nitrogens is 2. The highest BCUT2D eigenvalue weighted by Gasteiger charge is 2.20. The van der Waals surface area contributed by atoms with Crippen molar-refractivity contribution < 1.29 is 19.0 Å². The summed E-state index contributed by atoms with van der Waals surface area (Å²) in [6, 6.07) is 12.0. The van der Waals surface area contributed by atoms with Crippen molar-refractivity contribution in [2.45, 2.75) is 40.2 Å². The highest BCUT2D eigenvalue weighted by Crippen LogP contribution is 2.39. The monoisotopic (exact) mass is 496 g/mol. The second-order valence-corrected chi connectivity index (χ2v) is 9.16. The summed E-state index contributed by atoms with van der Waals surface area (Å²) >= 11 is 1.40. The van der Waals surface area contributed by atoms with Gasteiger partial charge >= 0.3 is 0 Å². The number of hydrogen-bond acceptors (Lipinski definition) is 8. The molecule has 3 aromatic rings. The van der Waals surface area contributed by atoms with Crippen LogP contribution in [0.3, 0.4) is 0 Å². The van der Waals surface area contributed by atoms with Gasteiger partial charge in [-0.05, 0) is 50.5 Å². The van der Waals surface area contributed by atoms with Gasteiger partial charge in [-0.2, -0.15) is 0 Å². The normalized spacial score (nSPS) is 13.2. The SMILES string of the molecule is CCOc1cc(C(=O)Nc2nnc(CCN3CCc4ccccc4C3)s2)cc(OCC)c1OCC. The third kappa shape index (κ3) is 6.29. The lowest BCUT2D eigenvalue weighted by molar-refractivity contribution is 0.102. The second-order valence-electron chi connectivity index (χ2n) is 8.10. The van der Waals surface area contributed by atoms with E-state index in [1.807, 2.05) is 20.8 Å². The lowest BCUT2D eigenvalue weighted by Crippen LogP contribution is -2.32. The number of anilines is 1. The van der Waals surface area contributed by atoms with Gasteiger partial charge in [-0.3, -0.25) is 15.0 Å². The van der Waals surface area contributed by atoms with Crippen molar-refractivity contribution in [3.05, 3.63) is 58.1 Å². The smallest absolute Gasteiger partial charge is 0.257 e. The fraction of sp³-hybridized carbons (Fsp3) is 0.423. The maximum absolute atomic E-state index is 13.0. The van der Waals surface area contributed by atoms with Crippen molar-refractivity contribution >= 4 is 22.4 Å². The third-order valence-corrected chi connectivity index (χ3v) is 6.61. The van der Waals surface area contributed by atoms with E-state index in [4.69, 9.17) is 14.2 Å². The predicted molar refractivity (Wildman–Crippen MR) is 137 cm³/mol. The van der Waals surface area contributed by atoms with Crippen LogP contribution in [0.1, 0.15) is 47.3 Å². The first-order valence-corrected chi connectivity index (χ1v) is 12.9. The fourth-order valence-corrected chi connectivity index (χ4v) is 4.82. The van der Waals surface area contributed by atoms with Crippen LogP contribution in [0.2, 0.25) is 0 Å². The number of rotatable bonds is 11. The van der Waals surface area contributed by atoms with Crippen molar-refractivity contribution in [2.75, 3.05) is 38.2 Å². The number of carbonyl (C=O) groups is 1. The average Bonchev–Trinajstić information content (AvgIpc) is 3.32. The number of hydrogen-bond donors (Lipinski definition) is 1.